The second-order valence-corrected chi connectivity index (χ2v) is 6.54. The molecule has 2 N–H and O–H groups in total. The van der Waals surface area contributed by atoms with E-state index in [1.165, 1.54) is 0 Å². The molecule has 2 heterocycles. The lowest BCUT2D eigenvalue weighted by molar-refractivity contribution is -0.116. The summed E-state index contributed by atoms with van der Waals surface area (Å²) in [4.78, 5) is 16.9. The van der Waals surface area contributed by atoms with Gasteiger partial charge in [0, 0.05) is 49.2 Å². The Morgan fingerprint density at radius 3 is 2.76 bits per heavy atom. The van der Waals surface area contributed by atoms with E-state index < -0.39 is 0 Å². The van der Waals surface area contributed by atoms with E-state index in [1.54, 1.807) is 49.5 Å². The Kier molecular flexibility index (Phi) is 6.80. The topological polar surface area (TPSA) is 90.3 Å². The Hall–Kier alpha value is -3.39. The highest BCUT2D eigenvalue weighted by Crippen LogP contribution is 2.29. The second-order valence-electron chi connectivity index (χ2n) is 6.54. The Labute approximate surface area is 169 Å². The minimum atomic E-state index is -0.116. The van der Waals surface area contributed by atoms with Gasteiger partial charge in [0.25, 0.3) is 0 Å². The maximum atomic E-state index is 12.5. The lowest BCUT2D eigenvalue weighted by Gasteiger charge is -2.16. The van der Waals surface area contributed by atoms with Crippen LogP contribution in [0.4, 0.5) is 5.69 Å². The first-order chi connectivity index (χ1) is 14.1. The van der Waals surface area contributed by atoms with Gasteiger partial charge in [-0.1, -0.05) is 6.07 Å². The van der Waals surface area contributed by atoms with Crippen LogP contribution in [0.1, 0.15) is 18.9 Å². The van der Waals surface area contributed by atoms with Crippen molar-refractivity contribution in [3.63, 3.8) is 0 Å². The van der Waals surface area contributed by atoms with Gasteiger partial charge in [-0.2, -0.15) is 5.10 Å². The third-order valence-corrected chi connectivity index (χ3v) is 4.40. The lowest BCUT2D eigenvalue weighted by atomic mass is 10.2. The van der Waals surface area contributed by atoms with Gasteiger partial charge in [-0.05, 0) is 31.2 Å². The van der Waals surface area contributed by atoms with Crippen LogP contribution >= 0.6 is 0 Å². The van der Waals surface area contributed by atoms with Crippen LogP contribution in [0.15, 0.2) is 55.0 Å². The number of anilines is 1. The molecule has 3 rings (SSSR count). The number of aromatic nitrogens is 3. The molecule has 0 fully saturated rings. The van der Waals surface area contributed by atoms with Crippen LogP contribution in [-0.4, -0.2) is 40.9 Å². The highest BCUT2D eigenvalue weighted by molar-refractivity contribution is 5.92. The highest BCUT2D eigenvalue weighted by atomic mass is 16.5. The number of methoxy groups -OCH3 is 2. The van der Waals surface area contributed by atoms with Crippen LogP contribution in [-0.2, 0) is 11.3 Å². The molecule has 1 aromatic carbocycles. The van der Waals surface area contributed by atoms with Gasteiger partial charge in [-0.15, -0.1) is 0 Å². The number of hydrogen-bond donors (Lipinski definition) is 2. The normalized spacial score (nSPS) is 11.7. The fourth-order valence-electron chi connectivity index (χ4n) is 2.92. The molecule has 29 heavy (non-hydrogen) atoms. The number of pyridine rings is 1. The van der Waals surface area contributed by atoms with E-state index in [-0.39, 0.29) is 11.9 Å². The third-order valence-electron chi connectivity index (χ3n) is 4.40. The molecule has 3 aromatic rings. The molecule has 152 valence electrons. The smallest absolute Gasteiger partial charge is 0.226 e. The molecule has 0 radical (unpaired) electrons. The van der Waals surface area contributed by atoms with Crippen molar-refractivity contribution in [3.05, 3.63) is 60.6 Å². The Bertz CT molecular complexity index is 943. The average Bonchev–Trinajstić information content (AvgIpc) is 3.27. The molecule has 1 unspecified atom stereocenters. The molecule has 0 aliphatic heterocycles. The van der Waals surface area contributed by atoms with Gasteiger partial charge >= 0.3 is 0 Å². The minimum Gasteiger partial charge on any atom is -0.497 e. The van der Waals surface area contributed by atoms with E-state index in [4.69, 9.17) is 9.47 Å². The molecule has 0 bridgehead atoms. The Morgan fingerprint density at radius 1 is 1.17 bits per heavy atom. The molecule has 0 aliphatic rings. The highest BCUT2D eigenvalue weighted by Gasteiger charge is 2.14. The summed E-state index contributed by atoms with van der Waals surface area (Å²) < 4.78 is 12.2. The molecule has 8 nitrogen and oxygen atoms in total. The van der Waals surface area contributed by atoms with E-state index in [2.05, 4.69) is 20.7 Å². The quantitative estimate of drug-likeness (QED) is 0.579. The van der Waals surface area contributed by atoms with Crippen LogP contribution in [0.2, 0.25) is 0 Å². The number of rotatable bonds is 9. The molecule has 0 spiro atoms. The predicted octanol–water partition coefficient (Wildman–Crippen LogP) is 2.79. The van der Waals surface area contributed by atoms with Gasteiger partial charge in [-0.25, -0.2) is 9.67 Å². The summed E-state index contributed by atoms with van der Waals surface area (Å²) in [6.07, 6.45) is 5.60. The summed E-state index contributed by atoms with van der Waals surface area (Å²) in [5.41, 5.74) is 1.58. The minimum absolute atomic E-state index is 0.0442. The number of ether oxygens (including phenoxy) is 2. The fraction of sp³-hybridized carbons (Fsp3) is 0.286. The Morgan fingerprint density at radius 2 is 2.03 bits per heavy atom. The number of nitrogens with zero attached hydrogens (tertiary/aromatic N) is 3. The summed E-state index contributed by atoms with van der Waals surface area (Å²) >= 11 is 0. The molecular weight excluding hydrogens is 370 g/mol. The van der Waals surface area contributed by atoms with E-state index >= 15 is 0 Å². The lowest BCUT2D eigenvalue weighted by Crippen LogP contribution is -2.30. The van der Waals surface area contributed by atoms with Crippen molar-refractivity contribution in [2.24, 2.45) is 0 Å². The SMILES string of the molecule is COc1ccc(OC)c(NC(=O)CC(C)NCc2cccnc2-n2cccn2)c1. The molecule has 0 saturated heterocycles. The van der Waals surface area contributed by atoms with Crippen molar-refractivity contribution in [2.45, 2.75) is 25.9 Å². The van der Waals surface area contributed by atoms with Crippen molar-refractivity contribution >= 4 is 11.6 Å². The summed E-state index contributed by atoms with van der Waals surface area (Å²) in [6, 6.07) is 11.0. The maximum absolute atomic E-state index is 12.5. The number of hydrogen-bond acceptors (Lipinski definition) is 6. The summed E-state index contributed by atoms with van der Waals surface area (Å²) in [7, 11) is 3.14. The molecule has 0 saturated carbocycles. The summed E-state index contributed by atoms with van der Waals surface area (Å²) in [5, 5.41) is 10.5. The predicted molar refractivity (Wildman–Crippen MR) is 110 cm³/mol. The van der Waals surface area contributed by atoms with Crippen molar-refractivity contribution in [2.75, 3.05) is 19.5 Å². The molecule has 1 atom stereocenters. The zero-order chi connectivity index (χ0) is 20.6. The van der Waals surface area contributed by atoms with E-state index in [9.17, 15) is 4.79 Å². The van der Waals surface area contributed by atoms with Gasteiger partial charge in [-0.3, -0.25) is 4.79 Å². The van der Waals surface area contributed by atoms with Gasteiger partial charge in [0.05, 0.1) is 19.9 Å². The largest absolute Gasteiger partial charge is 0.497 e. The third kappa shape index (κ3) is 5.32. The van der Waals surface area contributed by atoms with Crippen molar-refractivity contribution in [3.8, 4) is 17.3 Å². The molecule has 1 amide bonds. The van der Waals surface area contributed by atoms with Crippen LogP contribution in [0.5, 0.6) is 11.5 Å². The standard InChI is InChI=1S/C21H25N5O3/c1-15(12-20(27)25-18-13-17(28-2)7-8-19(18)29-3)23-14-16-6-4-9-22-21(16)26-11-5-10-24-26/h4-11,13,15,23H,12,14H2,1-3H3,(H,25,27). The zero-order valence-electron chi connectivity index (χ0n) is 16.8. The molecule has 8 heteroatoms. The van der Waals surface area contributed by atoms with Crippen LogP contribution in [0.3, 0.4) is 0 Å². The van der Waals surface area contributed by atoms with Gasteiger partial charge in [0.2, 0.25) is 5.91 Å². The van der Waals surface area contributed by atoms with Gasteiger partial charge in [0.15, 0.2) is 5.82 Å². The maximum Gasteiger partial charge on any atom is 0.226 e. The van der Waals surface area contributed by atoms with E-state index in [0.717, 1.165) is 11.4 Å². The van der Waals surface area contributed by atoms with Gasteiger partial charge < -0.3 is 20.1 Å². The number of nitrogens with one attached hydrogen (secondary N) is 2. The number of benzene rings is 1. The van der Waals surface area contributed by atoms with Crippen molar-refractivity contribution < 1.29 is 14.3 Å². The van der Waals surface area contributed by atoms with Crippen LogP contribution in [0, 0.1) is 0 Å². The van der Waals surface area contributed by atoms with Crippen molar-refractivity contribution in [1.29, 1.82) is 0 Å². The van der Waals surface area contributed by atoms with E-state index in [0.29, 0.717) is 30.2 Å². The summed E-state index contributed by atoms with van der Waals surface area (Å²) in [5.74, 6) is 1.88. The first-order valence-electron chi connectivity index (χ1n) is 9.30. The second kappa shape index (κ2) is 9.70. The number of carbonyl (C=O) groups is 1. The number of carbonyl (C=O) groups excluding carboxylic acids is 1. The van der Waals surface area contributed by atoms with Gasteiger partial charge in [0.1, 0.15) is 11.5 Å². The Balaban J connectivity index is 1.58. The number of amides is 1. The average molecular weight is 395 g/mol. The fourth-order valence-corrected chi connectivity index (χ4v) is 2.92. The zero-order valence-corrected chi connectivity index (χ0v) is 16.8. The van der Waals surface area contributed by atoms with Crippen LogP contribution < -0.4 is 20.1 Å². The molecule has 0 aliphatic carbocycles. The monoisotopic (exact) mass is 395 g/mol. The van der Waals surface area contributed by atoms with Crippen molar-refractivity contribution in [1.82, 2.24) is 20.1 Å². The summed E-state index contributed by atoms with van der Waals surface area (Å²) in [6.45, 7) is 2.53. The molecular formula is C21H25N5O3. The first kappa shape index (κ1) is 20.3. The van der Waals surface area contributed by atoms with E-state index in [1.807, 2.05) is 31.3 Å². The molecule has 2 aromatic heterocycles. The first-order valence-corrected chi connectivity index (χ1v) is 9.30. The van der Waals surface area contributed by atoms with Crippen LogP contribution in [0.25, 0.3) is 5.82 Å².